The summed E-state index contributed by atoms with van der Waals surface area (Å²) in [5.41, 5.74) is 0.749. The van der Waals surface area contributed by atoms with E-state index < -0.39 is 10.0 Å². The van der Waals surface area contributed by atoms with Crippen LogP contribution in [-0.4, -0.2) is 42.7 Å². The summed E-state index contributed by atoms with van der Waals surface area (Å²) in [7, 11) is -3.52. The zero-order valence-corrected chi connectivity index (χ0v) is 13.8. The Kier molecular flexibility index (Phi) is 4.29. The van der Waals surface area contributed by atoms with E-state index in [-0.39, 0.29) is 29.2 Å². The van der Waals surface area contributed by atoms with Crippen molar-refractivity contribution in [1.82, 2.24) is 14.6 Å². The first-order valence-electron chi connectivity index (χ1n) is 6.95. The van der Waals surface area contributed by atoms with Crippen molar-refractivity contribution in [3.63, 3.8) is 0 Å². The standard InChI is InChI=1S/C15H15N3O3S2/c1-2-14(19)17-11-9-18(10-11)23(20,21)15-7-6-13(22-15)12-5-3-4-8-16-12/h2-8,11H,1,9-10H2,(H,17,19). The molecule has 6 nitrogen and oxygen atoms in total. The number of nitrogens with zero attached hydrogens (tertiary/aromatic N) is 2. The van der Waals surface area contributed by atoms with E-state index in [0.717, 1.165) is 10.6 Å². The van der Waals surface area contributed by atoms with E-state index in [1.165, 1.54) is 21.7 Å². The third kappa shape index (κ3) is 3.19. The highest BCUT2D eigenvalue weighted by Gasteiger charge is 2.38. The van der Waals surface area contributed by atoms with Crippen molar-refractivity contribution in [3.8, 4) is 10.6 Å². The number of amides is 1. The highest BCUT2D eigenvalue weighted by atomic mass is 32.2. The van der Waals surface area contributed by atoms with Crippen molar-refractivity contribution in [2.75, 3.05) is 13.1 Å². The summed E-state index contributed by atoms with van der Waals surface area (Å²) in [5.74, 6) is -0.291. The van der Waals surface area contributed by atoms with Crippen LogP contribution in [0.4, 0.5) is 0 Å². The molecular formula is C15H15N3O3S2. The molecule has 3 heterocycles. The number of sulfonamides is 1. The maximum Gasteiger partial charge on any atom is 0.252 e. The van der Waals surface area contributed by atoms with Gasteiger partial charge in [-0.1, -0.05) is 12.6 Å². The Labute approximate surface area is 138 Å². The number of pyridine rings is 1. The first-order chi connectivity index (χ1) is 11.0. The molecule has 1 amide bonds. The third-order valence-electron chi connectivity index (χ3n) is 3.47. The fourth-order valence-electron chi connectivity index (χ4n) is 2.22. The minimum absolute atomic E-state index is 0.162. The highest BCUT2D eigenvalue weighted by Crippen LogP contribution is 2.32. The van der Waals surface area contributed by atoms with Crippen LogP contribution in [0.15, 0.2) is 53.4 Å². The lowest BCUT2D eigenvalue weighted by molar-refractivity contribution is -0.117. The molecule has 0 aliphatic carbocycles. The van der Waals surface area contributed by atoms with Gasteiger partial charge in [-0.05, 0) is 30.3 Å². The average molecular weight is 349 g/mol. The number of rotatable bonds is 5. The van der Waals surface area contributed by atoms with Gasteiger partial charge in [0.15, 0.2) is 0 Å². The van der Waals surface area contributed by atoms with Crippen LogP contribution in [0.25, 0.3) is 10.6 Å². The van der Waals surface area contributed by atoms with Crippen LogP contribution in [0.5, 0.6) is 0 Å². The first kappa shape index (κ1) is 15.9. The van der Waals surface area contributed by atoms with Crippen molar-refractivity contribution < 1.29 is 13.2 Å². The molecule has 2 aromatic rings. The first-order valence-corrected chi connectivity index (χ1v) is 9.20. The molecule has 0 aromatic carbocycles. The van der Waals surface area contributed by atoms with Gasteiger partial charge in [0.2, 0.25) is 5.91 Å². The highest BCUT2D eigenvalue weighted by molar-refractivity contribution is 7.91. The summed E-state index contributed by atoms with van der Waals surface area (Å²) in [6.07, 6.45) is 2.85. The second kappa shape index (κ2) is 6.23. The van der Waals surface area contributed by atoms with Gasteiger partial charge in [-0.3, -0.25) is 9.78 Å². The van der Waals surface area contributed by atoms with E-state index >= 15 is 0 Å². The summed E-state index contributed by atoms with van der Waals surface area (Å²) in [6.45, 7) is 3.92. The largest absolute Gasteiger partial charge is 0.347 e. The van der Waals surface area contributed by atoms with Gasteiger partial charge < -0.3 is 5.32 Å². The predicted octanol–water partition coefficient (Wildman–Crippen LogP) is 1.49. The third-order valence-corrected chi connectivity index (χ3v) is 6.88. The molecule has 0 saturated carbocycles. The second-order valence-electron chi connectivity index (χ2n) is 5.07. The molecule has 2 aromatic heterocycles. The molecule has 1 saturated heterocycles. The summed E-state index contributed by atoms with van der Waals surface area (Å²) in [5, 5.41) is 2.68. The molecule has 0 unspecified atom stereocenters. The Balaban J connectivity index is 1.71. The average Bonchev–Trinajstić information content (AvgIpc) is 3.01. The number of hydrogen-bond donors (Lipinski definition) is 1. The molecule has 1 fully saturated rings. The molecule has 1 aliphatic heterocycles. The monoisotopic (exact) mass is 349 g/mol. The van der Waals surface area contributed by atoms with Gasteiger partial charge >= 0.3 is 0 Å². The van der Waals surface area contributed by atoms with Gasteiger partial charge in [-0.25, -0.2) is 8.42 Å². The summed E-state index contributed by atoms with van der Waals surface area (Å²) >= 11 is 1.19. The molecule has 23 heavy (non-hydrogen) atoms. The van der Waals surface area contributed by atoms with E-state index in [1.54, 1.807) is 18.3 Å². The fraction of sp³-hybridized carbons (Fsp3) is 0.200. The Morgan fingerprint density at radius 3 is 2.78 bits per heavy atom. The van der Waals surface area contributed by atoms with Crippen molar-refractivity contribution in [3.05, 3.63) is 49.2 Å². The molecule has 3 rings (SSSR count). The number of nitrogens with one attached hydrogen (secondary N) is 1. The second-order valence-corrected chi connectivity index (χ2v) is 8.31. The molecule has 120 valence electrons. The summed E-state index contributed by atoms with van der Waals surface area (Å²) in [6, 6.07) is 8.71. The van der Waals surface area contributed by atoms with E-state index in [4.69, 9.17) is 0 Å². The molecule has 1 N–H and O–H groups in total. The maximum absolute atomic E-state index is 12.5. The van der Waals surface area contributed by atoms with E-state index in [9.17, 15) is 13.2 Å². The Morgan fingerprint density at radius 2 is 2.13 bits per heavy atom. The lowest BCUT2D eigenvalue weighted by atomic mass is 10.2. The van der Waals surface area contributed by atoms with Crippen LogP contribution >= 0.6 is 11.3 Å². The SMILES string of the molecule is C=CC(=O)NC1CN(S(=O)(=O)c2ccc(-c3ccccn3)s2)C1. The zero-order valence-electron chi connectivity index (χ0n) is 12.2. The lowest BCUT2D eigenvalue weighted by Crippen LogP contribution is -2.60. The number of thiophene rings is 1. The van der Waals surface area contributed by atoms with Crippen LogP contribution in [0, 0.1) is 0 Å². The fourth-order valence-corrected chi connectivity index (χ4v) is 5.19. The molecule has 0 bridgehead atoms. The smallest absolute Gasteiger partial charge is 0.252 e. The van der Waals surface area contributed by atoms with Crippen molar-refractivity contribution in [2.45, 2.75) is 10.3 Å². The van der Waals surface area contributed by atoms with Crippen molar-refractivity contribution in [1.29, 1.82) is 0 Å². The molecular weight excluding hydrogens is 334 g/mol. The lowest BCUT2D eigenvalue weighted by Gasteiger charge is -2.37. The van der Waals surface area contributed by atoms with E-state index in [2.05, 4.69) is 16.9 Å². The van der Waals surface area contributed by atoms with Crippen LogP contribution in [0.3, 0.4) is 0 Å². The quantitative estimate of drug-likeness (QED) is 0.830. The van der Waals surface area contributed by atoms with Crippen LogP contribution in [0.2, 0.25) is 0 Å². The normalized spacial score (nSPS) is 15.8. The molecule has 0 radical (unpaired) electrons. The van der Waals surface area contributed by atoms with Gasteiger partial charge in [0.25, 0.3) is 10.0 Å². The number of aromatic nitrogens is 1. The molecule has 8 heteroatoms. The molecule has 1 aliphatic rings. The van der Waals surface area contributed by atoms with Crippen LogP contribution in [0.1, 0.15) is 0 Å². The number of carbonyl (C=O) groups excluding carboxylic acids is 1. The van der Waals surface area contributed by atoms with Gasteiger partial charge in [-0.15, -0.1) is 11.3 Å². The van der Waals surface area contributed by atoms with Crippen LogP contribution < -0.4 is 5.32 Å². The van der Waals surface area contributed by atoms with E-state index in [0.29, 0.717) is 0 Å². The zero-order chi connectivity index (χ0) is 16.4. The Bertz CT molecular complexity index is 825. The molecule has 0 spiro atoms. The predicted molar refractivity (Wildman–Crippen MR) is 88.4 cm³/mol. The topological polar surface area (TPSA) is 79.4 Å². The Hall–Kier alpha value is -2.03. The van der Waals surface area contributed by atoms with Gasteiger partial charge in [0.1, 0.15) is 4.21 Å². The summed E-state index contributed by atoms with van der Waals surface area (Å²) < 4.78 is 26.7. The van der Waals surface area contributed by atoms with Gasteiger partial charge in [0.05, 0.1) is 16.6 Å². The minimum atomic E-state index is -3.52. The summed E-state index contributed by atoms with van der Waals surface area (Å²) in [4.78, 5) is 16.2. The van der Waals surface area contributed by atoms with Crippen LogP contribution in [-0.2, 0) is 14.8 Å². The number of carbonyl (C=O) groups is 1. The maximum atomic E-state index is 12.5. The minimum Gasteiger partial charge on any atom is -0.347 e. The number of hydrogen-bond acceptors (Lipinski definition) is 5. The van der Waals surface area contributed by atoms with Crippen molar-refractivity contribution in [2.24, 2.45) is 0 Å². The van der Waals surface area contributed by atoms with Gasteiger partial charge in [0, 0.05) is 19.3 Å². The molecule has 0 atom stereocenters. The Morgan fingerprint density at radius 1 is 1.35 bits per heavy atom. The van der Waals surface area contributed by atoms with Gasteiger partial charge in [-0.2, -0.15) is 4.31 Å². The van der Waals surface area contributed by atoms with Crippen molar-refractivity contribution >= 4 is 27.3 Å². The van der Waals surface area contributed by atoms with E-state index in [1.807, 2.05) is 18.2 Å².